The van der Waals surface area contributed by atoms with E-state index in [0.29, 0.717) is 0 Å². The molecule has 0 aliphatic heterocycles. The first-order valence-electron chi connectivity index (χ1n) is 5.40. The van der Waals surface area contributed by atoms with E-state index in [1.807, 2.05) is 37.3 Å². The lowest BCUT2D eigenvalue weighted by atomic mass is 10.1. The van der Waals surface area contributed by atoms with Crippen molar-refractivity contribution in [2.24, 2.45) is 0 Å². The van der Waals surface area contributed by atoms with Crippen LogP contribution >= 0.6 is 15.9 Å². The maximum Gasteiger partial charge on any atom is 0.263 e. The highest BCUT2D eigenvalue weighted by molar-refractivity contribution is 9.09. The standard InChI is InChI=1S/C12H11BrFN3O/c1-8(9-5-3-2-4-6-9)17-11(10(18)7-13)12(14)15-16-17/h2-6,8H,7H2,1H3/t8-/m1/s1. The third-order valence-electron chi connectivity index (χ3n) is 2.69. The highest BCUT2D eigenvalue weighted by atomic mass is 79.9. The second-order valence-electron chi connectivity index (χ2n) is 3.82. The van der Waals surface area contributed by atoms with Gasteiger partial charge in [0.25, 0.3) is 5.95 Å². The van der Waals surface area contributed by atoms with E-state index in [9.17, 15) is 9.18 Å². The minimum absolute atomic E-state index is 0.0405. The number of carbonyl (C=O) groups excluding carboxylic acids is 1. The molecule has 0 spiro atoms. The van der Waals surface area contributed by atoms with Crippen LogP contribution in [0.3, 0.4) is 0 Å². The molecule has 0 aliphatic rings. The van der Waals surface area contributed by atoms with Gasteiger partial charge in [0.05, 0.1) is 11.4 Å². The normalized spacial score (nSPS) is 12.4. The lowest BCUT2D eigenvalue weighted by Gasteiger charge is -2.13. The number of carbonyl (C=O) groups is 1. The summed E-state index contributed by atoms with van der Waals surface area (Å²) in [4.78, 5) is 11.7. The predicted molar refractivity (Wildman–Crippen MR) is 68.4 cm³/mol. The highest BCUT2D eigenvalue weighted by Crippen LogP contribution is 2.19. The molecule has 0 bridgehead atoms. The van der Waals surface area contributed by atoms with Crippen molar-refractivity contribution in [3.63, 3.8) is 0 Å². The molecule has 0 saturated heterocycles. The fraction of sp³-hybridized carbons (Fsp3) is 0.250. The van der Waals surface area contributed by atoms with Crippen LogP contribution in [-0.2, 0) is 0 Å². The molecule has 4 nitrogen and oxygen atoms in total. The fourth-order valence-electron chi connectivity index (χ4n) is 1.72. The van der Waals surface area contributed by atoms with Crippen molar-refractivity contribution in [2.45, 2.75) is 13.0 Å². The van der Waals surface area contributed by atoms with Crippen LogP contribution in [0.2, 0.25) is 0 Å². The zero-order chi connectivity index (χ0) is 13.1. The number of alkyl halides is 1. The molecule has 6 heteroatoms. The molecule has 1 heterocycles. The van der Waals surface area contributed by atoms with E-state index in [1.165, 1.54) is 4.68 Å². The van der Waals surface area contributed by atoms with E-state index < -0.39 is 5.95 Å². The molecule has 1 aromatic carbocycles. The maximum absolute atomic E-state index is 13.5. The zero-order valence-corrected chi connectivity index (χ0v) is 11.3. The molecule has 0 fully saturated rings. The lowest BCUT2D eigenvalue weighted by Crippen LogP contribution is -2.17. The Hall–Kier alpha value is -1.56. The van der Waals surface area contributed by atoms with Crippen molar-refractivity contribution in [1.29, 1.82) is 0 Å². The van der Waals surface area contributed by atoms with Crippen molar-refractivity contribution in [2.75, 3.05) is 5.33 Å². The van der Waals surface area contributed by atoms with Crippen LogP contribution in [-0.4, -0.2) is 26.1 Å². The summed E-state index contributed by atoms with van der Waals surface area (Å²) in [5.41, 5.74) is 0.842. The molecule has 94 valence electrons. The molecule has 0 N–H and O–H groups in total. The van der Waals surface area contributed by atoms with E-state index in [1.54, 1.807) is 0 Å². The van der Waals surface area contributed by atoms with Gasteiger partial charge in [-0.2, -0.15) is 4.39 Å². The quantitative estimate of drug-likeness (QED) is 0.644. The van der Waals surface area contributed by atoms with E-state index >= 15 is 0 Å². The third kappa shape index (κ3) is 2.33. The average Bonchev–Trinajstić information content (AvgIpc) is 2.80. The summed E-state index contributed by atoms with van der Waals surface area (Å²) >= 11 is 3.02. The van der Waals surface area contributed by atoms with Crippen LogP contribution in [0.25, 0.3) is 0 Å². The fourth-order valence-corrected chi connectivity index (χ4v) is 1.99. The zero-order valence-electron chi connectivity index (χ0n) is 9.68. The largest absolute Gasteiger partial charge is 0.291 e. The second-order valence-corrected chi connectivity index (χ2v) is 4.38. The number of ketones is 1. The van der Waals surface area contributed by atoms with Gasteiger partial charge in [0, 0.05) is 0 Å². The second kappa shape index (κ2) is 5.39. The molecule has 1 atom stereocenters. The van der Waals surface area contributed by atoms with Gasteiger partial charge in [0.15, 0.2) is 11.5 Å². The SMILES string of the molecule is C[C@H](c1ccccc1)n1nnc(F)c1C(=O)CBr. The summed E-state index contributed by atoms with van der Waals surface area (Å²) in [6.45, 7) is 1.84. The van der Waals surface area contributed by atoms with Crippen LogP contribution < -0.4 is 0 Å². The summed E-state index contributed by atoms with van der Waals surface area (Å²) in [5.74, 6) is -1.21. The van der Waals surface area contributed by atoms with Crippen LogP contribution in [0.4, 0.5) is 4.39 Å². The molecule has 2 aromatic rings. The van der Waals surface area contributed by atoms with Crippen molar-refractivity contribution >= 4 is 21.7 Å². The van der Waals surface area contributed by atoms with Crippen LogP contribution in [0.5, 0.6) is 0 Å². The Kier molecular flexibility index (Phi) is 3.86. The van der Waals surface area contributed by atoms with Gasteiger partial charge in [0.2, 0.25) is 0 Å². The first-order valence-corrected chi connectivity index (χ1v) is 6.52. The molecule has 0 radical (unpaired) electrons. The van der Waals surface area contributed by atoms with Gasteiger partial charge >= 0.3 is 0 Å². The smallest absolute Gasteiger partial charge is 0.263 e. The van der Waals surface area contributed by atoms with Crippen LogP contribution in [0.1, 0.15) is 29.0 Å². The third-order valence-corrected chi connectivity index (χ3v) is 3.20. The van der Waals surface area contributed by atoms with Crippen LogP contribution in [0, 0.1) is 5.95 Å². The average molecular weight is 312 g/mol. The number of rotatable bonds is 4. The summed E-state index contributed by atoms with van der Waals surface area (Å²) < 4.78 is 14.8. The molecule has 0 amide bonds. The number of nitrogens with zero attached hydrogens (tertiary/aromatic N) is 3. The Morgan fingerprint density at radius 3 is 2.72 bits per heavy atom. The monoisotopic (exact) mass is 311 g/mol. The molecule has 18 heavy (non-hydrogen) atoms. The first-order chi connectivity index (χ1) is 8.65. The van der Waals surface area contributed by atoms with E-state index in [2.05, 4.69) is 26.2 Å². The van der Waals surface area contributed by atoms with E-state index in [4.69, 9.17) is 0 Å². The van der Waals surface area contributed by atoms with Crippen molar-refractivity contribution in [3.8, 4) is 0 Å². The topological polar surface area (TPSA) is 47.8 Å². The molecule has 2 rings (SSSR count). The summed E-state index contributed by atoms with van der Waals surface area (Å²) in [6.07, 6.45) is 0. The van der Waals surface area contributed by atoms with E-state index in [-0.39, 0.29) is 22.8 Å². The highest BCUT2D eigenvalue weighted by Gasteiger charge is 2.23. The minimum Gasteiger partial charge on any atom is -0.291 e. The number of benzene rings is 1. The van der Waals surface area contributed by atoms with Gasteiger partial charge in [-0.25, -0.2) is 4.68 Å². The number of hydrogen-bond acceptors (Lipinski definition) is 3. The first kappa shape index (κ1) is 12.9. The number of Topliss-reactive ketones (excluding diaryl/α,β-unsaturated/α-hetero) is 1. The Balaban J connectivity index is 2.43. The molecular weight excluding hydrogens is 301 g/mol. The minimum atomic E-state index is -0.831. The van der Waals surface area contributed by atoms with Gasteiger partial charge in [-0.15, -0.1) is 0 Å². The summed E-state index contributed by atoms with van der Waals surface area (Å²) in [5, 5.41) is 7.09. The van der Waals surface area contributed by atoms with Gasteiger partial charge < -0.3 is 0 Å². The van der Waals surface area contributed by atoms with E-state index in [0.717, 1.165) is 5.56 Å². The Morgan fingerprint density at radius 2 is 2.11 bits per heavy atom. The molecular formula is C12H11BrFN3O. The lowest BCUT2D eigenvalue weighted by molar-refractivity contribution is 0.100. The van der Waals surface area contributed by atoms with Crippen LogP contribution in [0.15, 0.2) is 30.3 Å². The number of hydrogen-bond donors (Lipinski definition) is 0. The van der Waals surface area contributed by atoms with Gasteiger partial charge in [-0.1, -0.05) is 56.6 Å². The summed E-state index contributed by atoms with van der Waals surface area (Å²) in [6, 6.07) is 9.19. The molecule has 0 unspecified atom stereocenters. The molecule has 1 aromatic heterocycles. The van der Waals surface area contributed by atoms with Crippen molar-refractivity contribution in [3.05, 3.63) is 47.5 Å². The molecule has 0 aliphatic carbocycles. The molecule has 0 saturated carbocycles. The van der Waals surface area contributed by atoms with Crippen molar-refractivity contribution < 1.29 is 9.18 Å². The van der Waals surface area contributed by atoms with Gasteiger partial charge in [-0.3, -0.25) is 4.79 Å². The number of halogens is 2. The Morgan fingerprint density at radius 1 is 1.44 bits per heavy atom. The predicted octanol–water partition coefficient (Wildman–Crippen LogP) is 2.60. The van der Waals surface area contributed by atoms with Crippen molar-refractivity contribution in [1.82, 2.24) is 15.0 Å². The Bertz CT molecular complexity index is 556. The summed E-state index contributed by atoms with van der Waals surface area (Å²) in [7, 11) is 0. The Labute approximate surface area is 112 Å². The maximum atomic E-state index is 13.5. The van der Waals surface area contributed by atoms with Gasteiger partial charge in [-0.05, 0) is 12.5 Å². The number of aromatic nitrogens is 3. The van der Waals surface area contributed by atoms with Gasteiger partial charge in [0.1, 0.15) is 0 Å².